The van der Waals surface area contributed by atoms with E-state index in [4.69, 9.17) is 12.2 Å². The van der Waals surface area contributed by atoms with Gasteiger partial charge < -0.3 is 4.98 Å². The number of thiophene rings is 1. The van der Waals surface area contributed by atoms with Gasteiger partial charge in [0.2, 0.25) is 0 Å². The monoisotopic (exact) mass is 312 g/mol. The van der Waals surface area contributed by atoms with Crippen LogP contribution in [-0.4, -0.2) is 21.6 Å². The molecule has 0 amide bonds. The molecular formula is C13H16N2OS3. The summed E-state index contributed by atoms with van der Waals surface area (Å²) in [5.74, 6) is 0.898. The number of fused-ring (bicyclic) bond motifs is 3. The van der Waals surface area contributed by atoms with Crippen LogP contribution in [-0.2, 0) is 12.8 Å². The van der Waals surface area contributed by atoms with Gasteiger partial charge in [0.1, 0.15) is 4.83 Å². The van der Waals surface area contributed by atoms with Gasteiger partial charge in [0, 0.05) is 16.7 Å². The summed E-state index contributed by atoms with van der Waals surface area (Å²) in [6.07, 6.45) is 5.36. The van der Waals surface area contributed by atoms with Crippen LogP contribution >= 0.6 is 35.3 Å². The molecule has 1 N–H and O–H groups in total. The number of hydrogen-bond acceptors (Lipinski definition) is 4. The van der Waals surface area contributed by atoms with E-state index >= 15 is 0 Å². The molecule has 0 bridgehead atoms. The Kier molecular flexibility index (Phi) is 3.57. The maximum Gasteiger partial charge on any atom is 0.263 e. The van der Waals surface area contributed by atoms with Crippen LogP contribution in [0, 0.1) is 4.77 Å². The molecule has 3 rings (SSSR count). The second-order valence-electron chi connectivity index (χ2n) is 4.97. The van der Waals surface area contributed by atoms with E-state index < -0.39 is 0 Å². The fourth-order valence-corrected chi connectivity index (χ4v) is 5.15. The van der Waals surface area contributed by atoms with Crippen molar-refractivity contribution in [3.05, 3.63) is 25.6 Å². The molecule has 1 unspecified atom stereocenters. The molecule has 0 aliphatic heterocycles. The van der Waals surface area contributed by atoms with Crippen molar-refractivity contribution >= 4 is 45.5 Å². The van der Waals surface area contributed by atoms with Crippen molar-refractivity contribution < 1.29 is 0 Å². The molecule has 0 saturated heterocycles. The van der Waals surface area contributed by atoms with Gasteiger partial charge in [-0.3, -0.25) is 9.36 Å². The Bertz CT molecular complexity index is 741. The molecule has 19 heavy (non-hydrogen) atoms. The van der Waals surface area contributed by atoms with E-state index in [9.17, 15) is 4.79 Å². The number of H-pyrrole nitrogens is 1. The van der Waals surface area contributed by atoms with Gasteiger partial charge in [-0.15, -0.1) is 11.3 Å². The third kappa shape index (κ3) is 2.10. The van der Waals surface area contributed by atoms with Crippen molar-refractivity contribution in [1.82, 2.24) is 9.55 Å². The van der Waals surface area contributed by atoms with Crippen LogP contribution in [0.1, 0.15) is 29.8 Å². The number of aromatic nitrogens is 2. The van der Waals surface area contributed by atoms with Gasteiger partial charge in [0.15, 0.2) is 4.77 Å². The Labute approximate surface area is 125 Å². The third-order valence-electron chi connectivity index (χ3n) is 3.64. The molecular weight excluding hydrogens is 296 g/mol. The summed E-state index contributed by atoms with van der Waals surface area (Å²) in [5, 5.41) is 0.888. The molecule has 0 fully saturated rings. The zero-order valence-electron chi connectivity index (χ0n) is 11.0. The van der Waals surface area contributed by atoms with E-state index in [1.54, 1.807) is 27.7 Å². The lowest BCUT2D eigenvalue weighted by Gasteiger charge is -2.14. The number of rotatable bonds is 3. The molecule has 2 heterocycles. The highest BCUT2D eigenvalue weighted by Crippen LogP contribution is 2.34. The minimum atomic E-state index is 0.0969. The number of nitrogens with zero attached hydrogens (tertiary/aromatic N) is 1. The second-order valence-corrected chi connectivity index (χ2v) is 7.37. The Balaban J connectivity index is 2.29. The first-order valence-electron chi connectivity index (χ1n) is 6.41. The molecule has 0 aromatic carbocycles. The highest BCUT2D eigenvalue weighted by atomic mass is 32.2. The lowest BCUT2D eigenvalue weighted by molar-refractivity contribution is 0.574. The maximum absolute atomic E-state index is 12.8. The van der Waals surface area contributed by atoms with Crippen molar-refractivity contribution in [2.24, 2.45) is 0 Å². The summed E-state index contributed by atoms with van der Waals surface area (Å²) >= 11 is 8.81. The van der Waals surface area contributed by atoms with E-state index in [1.807, 2.05) is 0 Å². The Morgan fingerprint density at radius 3 is 3.05 bits per heavy atom. The van der Waals surface area contributed by atoms with Gasteiger partial charge in [-0.05, 0) is 50.2 Å². The Hall–Kier alpha value is -0.590. The Morgan fingerprint density at radius 2 is 2.32 bits per heavy atom. The summed E-state index contributed by atoms with van der Waals surface area (Å²) in [7, 11) is 0. The predicted molar refractivity (Wildman–Crippen MR) is 86.4 cm³/mol. The summed E-state index contributed by atoms with van der Waals surface area (Å²) in [6, 6.07) is 0.132. The predicted octanol–water partition coefficient (Wildman–Crippen LogP) is 3.53. The van der Waals surface area contributed by atoms with Gasteiger partial charge in [-0.2, -0.15) is 11.8 Å². The van der Waals surface area contributed by atoms with Crippen molar-refractivity contribution in [2.75, 3.05) is 12.0 Å². The molecule has 1 atom stereocenters. The highest BCUT2D eigenvalue weighted by Gasteiger charge is 2.22. The molecule has 0 spiro atoms. The normalized spacial score (nSPS) is 15.9. The van der Waals surface area contributed by atoms with E-state index in [2.05, 4.69) is 18.2 Å². The van der Waals surface area contributed by atoms with Crippen LogP contribution in [0.25, 0.3) is 10.2 Å². The van der Waals surface area contributed by atoms with Crippen LogP contribution in [0.3, 0.4) is 0 Å². The van der Waals surface area contributed by atoms with Gasteiger partial charge in [-0.25, -0.2) is 0 Å². The lowest BCUT2D eigenvalue weighted by atomic mass is 10.2. The SMILES string of the molecule is CSCC(C)n1c(=S)[nH]c2sc3c(c2c1=O)CCC3. The molecule has 6 heteroatoms. The first kappa shape index (κ1) is 13.4. The number of aryl methyl sites for hydroxylation is 2. The van der Waals surface area contributed by atoms with Crippen LogP contribution in [0.2, 0.25) is 0 Å². The third-order valence-corrected chi connectivity index (χ3v) is 5.96. The number of thioether (sulfide) groups is 1. The average molecular weight is 312 g/mol. The van der Waals surface area contributed by atoms with Crippen LogP contribution in [0.5, 0.6) is 0 Å². The van der Waals surface area contributed by atoms with Crippen molar-refractivity contribution in [1.29, 1.82) is 0 Å². The quantitative estimate of drug-likeness (QED) is 0.881. The van der Waals surface area contributed by atoms with E-state index in [1.165, 1.54) is 16.9 Å². The van der Waals surface area contributed by atoms with Gasteiger partial charge >= 0.3 is 0 Å². The number of nitrogens with one attached hydrogen (secondary N) is 1. The Morgan fingerprint density at radius 1 is 1.53 bits per heavy atom. The van der Waals surface area contributed by atoms with Gasteiger partial charge in [-0.1, -0.05) is 0 Å². The summed E-state index contributed by atoms with van der Waals surface area (Å²) in [4.78, 5) is 18.3. The summed E-state index contributed by atoms with van der Waals surface area (Å²) in [6.45, 7) is 2.06. The maximum atomic E-state index is 12.8. The van der Waals surface area contributed by atoms with E-state index in [0.717, 1.165) is 28.8 Å². The van der Waals surface area contributed by atoms with Gasteiger partial charge in [0.05, 0.1) is 5.39 Å². The minimum Gasteiger partial charge on any atom is -0.323 e. The van der Waals surface area contributed by atoms with E-state index in [-0.39, 0.29) is 11.6 Å². The zero-order valence-corrected chi connectivity index (χ0v) is 13.4. The first-order chi connectivity index (χ1) is 9.13. The molecule has 0 radical (unpaired) electrons. The molecule has 1 aliphatic carbocycles. The second kappa shape index (κ2) is 5.07. The topological polar surface area (TPSA) is 37.8 Å². The molecule has 3 nitrogen and oxygen atoms in total. The largest absolute Gasteiger partial charge is 0.323 e. The van der Waals surface area contributed by atoms with E-state index in [0.29, 0.717) is 4.77 Å². The molecule has 102 valence electrons. The standard InChI is InChI=1S/C13H16N2OS3/c1-7(6-18-2)15-12(16)10-8-4-3-5-9(8)19-11(10)14-13(15)17/h7H,3-6H2,1-2H3,(H,14,17). The lowest BCUT2D eigenvalue weighted by Crippen LogP contribution is -2.26. The van der Waals surface area contributed by atoms with Gasteiger partial charge in [0.25, 0.3) is 5.56 Å². The van der Waals surface area contributed by atoms with Crippen molar-refractivity contribution in [3.8, 4) is 0 Å². The molecule has 0 saturated carbocycles. The first-order valence-corrected chi connectivity index (χ1v) is 9.03. The molecule has 2 aromatic heterocycles. The summed E-state index contributed by atoms with van der Waals surface area (Å²) < 4.78 is 2.30. The fraction of sp³-hybridized carbons (Fsp3) is 0.538. The van der Waals surface area contributed by atoms with Crippen molar-refractivity contribution in [3.63, 3.8) is 0 Å². The average Bonchev–Trinajstić information content (AvgIpc) is 2.88. The molecule has 2 aromatic rings. The molecule has 1 aliphatic rings. The fourth-order valence-electron chi connectivity index (χ4n) is 2.80. The minimum absolute atomic E-state index is 0.0969. The smallest absolute Gasteiger partial charge is 0.263 e. The summed E-state index contributed by atoms with van der Waals surface area (Å²) in [5.41, 5.74) is 1.36. The van der Waals surface area contributed by atoms with Crippen LogP contribution < -0.4 is 5.56 Å². The number of hydrogen-bond donors (Lipinski definition) is 1. The van der Waals surface area contributed by atoms with Crippen LogP contribution in [0.4, 0.5) is 0 Å². The van der Waals surface area contributed by atoms with Crippen molar-refractivity contribution in [2.45, 2.75) is 32.2 Å². The zero-order chi connectivity index (χ0) is 13.6. The number of aromatic amines is 1. The van der Waals surface area contributed by atoms with Crippen LogP contribution in [0.15, 0.2) is 4.79 Å². The highest BCUT2D eigenvalue weighted by molar-refractivity contribution is 7.98.